The van der Waals surface area contributed by atoms with Crippen molar-refractivity contribution in [1.29, 1.82) is 0 Å². The van der Waals surface area contributed by atoms with Crippen LogP contribution in [0.25, 0.3) is 0 Å². The number of esters is 1. The molecule has 2 aromatic rings. The zero-order chi connectivity index (χ0) is 18.3. The zero-order valence-corrected chi connectivity index (χ0v) is 15.1. The Morgan fingerprint density at radius 3 is 2.68 bits per heavy atom. The largest absolute Gasteiger partial charge is 0.491 e. The van der Waals surface area contributed by atoms with Crippen LogP contribution in [0.5, 0.6) is 5.75 Å². The predicted molar refractivity (Wildman–Crippen MR) is 92.0 cm³/mol. The summed E-state index contributed by atoms with van der Waals surface area (Å²) in [4.78, 5) is 16.5. The Morgan fingerprint density at radius 1 is 1.32 bits per heavy atom. The molecule has 1 aromatic carbocycles. The fraction of sp³-hybridized carbons (Fsp3) is 0.500. The van der Waals surface area contributed by atoms with Gasteiger partial charge in [-0.25, -0.2) is 4.79 Å². The van der Waals surface area contributed by atoms with Gasteiger partial charge in [0.25, 0.3) is 0 Å². The van der Waals surface area contributed by atoms with Gasteiger partial charge in [0.2, 0.25) is 5.89 Å². The van der Waals surface area contributed by atoms with Crippen molar-refractivity contribution in [3.05, 3.63) is 42.0 Å². The number of para-hydroxylation sites is 1. The lowest BCUT2D eigenvalue weighted by atomic mass is 10.0. The van der Waals surface area contributed by atoms with Gasteiger partial charge in [-0.15, -0.1) is 0 Å². The lowest BCUT2D eigenvalue weighted by Crippen LogP contribution is -2.54. The van der Waals surface area contributed by atoms with E-state index in [0.717, 1.165) is 6.42 Å². The smallest absolute Gasteiger partial charge is 0.329 e. The summed E-state index contributed by atoms with van der Waals surface area (Å²) in [6, 6.07) is 9.29. The fourth-order valence-electron chi connectivity index (χ4n) is 2.22. The standard InChI is InChI=1S/C18H25N3O4/c1-13(2)10-16-20-15(21-25-16)11-19-18(3,17(22)23-4)12-24-14-8-6-5-7-9-14/h5-9,13,19H,10-12H2,1-4H3/t18-/m0/s1. The van der Waals surface area contributed by atoms with Gasteiger partial charge in [-0.05, 0) is 25.0 Å². The monoisotopic (exact) mass is 347 g/mol. The van der Waals surface area contributed by atoms with E-state index in [2.05, 4.69) is 29.3 Å². The fourth-order valence-corrected chi connectivity index (χ4v) is 2.22. The molecule has 1 heterocycles. The van der Waals surface area contributed by atoms with E-state index in [1.165, 1.54) is 7.11 Å². The van der Waals surface area contributed by atoms with Crippen LogP contribution in [0.2, 0.25) is 0 Å². The highest BCUT2D eigenvalue weighted by molar-refractivity contribution is 5.80. The van der Waals surface area contributed by atoms with E-state index < -0.39 is 11.5 Å². The van der Waals surface area contributed by atoms with Crippen LogP contribution in [-0.2, 0) is 22.5 Å². The minimum Gasteiger partial charge on any atom is -0.491 e. The molecule has 7 heteroatoms. The van der Waals surface area contributed by atoms with Crippen LogP contribution < -0.4 is 10.1 Å². The first-order valence-electron chi connectivity index (χ1n) is 8.25. The minimum absolute atomic E-state index is 0.111. The molecule has 0 fully saturated rings. The summed E-state index contributed by atoms with van der Waals surface area (Å²) in [5.74, 6) is 1.77. The first kappa shape index (κ1) is 18.9. The Morgan fingerprint density at radius 2 is 2.04 bits per heavy atom. The quantitative estimate of drug-likeness (QED) is 0.697. The SMILES string of the molecule is COC(=O)[C@](C)(COc1ccccc1)NCc1noc(CC(C)C)n1. The maximum Gasteiger partial charge on any atom is 0.329 e. The minimum atomic E-state index is -1.04. The maximum atomic E-state index is 12.2. The molecule has 0 spiro atoms. The van der Waals surface area contributed by atoms with E-state index in [0.29, 0.717) is 23.4 Å². The van der Waals surface area contributed by atoms with Crippen LogP contribution in [0.4, 0.5) is 0 Å². The van der Waals surface area contributed by atoms with E-state index in [1.54, 1.807) is 6.92 Å². The van der Waals surface area contributed by atoms with Gasteiger partial charge in [-0.3, -0.25) is 5.32 Å². The number of methoxy groups -OCH3 is 1. The van der Waals surface area contributed by atoms with E-state index in [-0.39, 0.29) is 13.2 Å². The number of ether oxygens (including phenoxy) is 2. The van der Waals surface area contributed by atoms with Gasteiger partial charge < -0.3 is 14.0 Å². The average molecular weight is 347 g/mol. The summed E-state index contributed by atoms with van der Waals surface area (Å²) in [6.07, 6.45) is 0.721. The van der Waals surface area contributed by atoms with Gasteiger partial charge in [0, 0.05) is 6.42 Å². The maximum absolute atomic E-state index is 12.2. The first-order valence-corrected chi connectivity index (χ1v) is 8.25. The molecule has 0 aliphatic rings. The molecule has 0 amide bonds. The molecule has 0 unspecified atom stereocenters. The van der Waals surface area contributed by atoms with Crippen LogP contribution in [0, 0.1) is 5.92 Å². The molecule has 2 rings (SSSR count). The summed E-state index contributed by atoms with van der Waals surface area (Å²) < 4.78 is 15.8. The van der Waals surface area contributed by atoms with Gasteiger partial charge >= 0.3 is 5.97 Å². The first-order chi connectivity index (χ1) is 11.9. The number of carbonyl (C=O) groups excluding carboxylic acids is 1. The molecule has 0 saturated heterocycles. The summed E-state index contributed by atoms with van der Waals surface area (Å²) >= 11 is 0. The highest BCUT2D eigenvalue weighted by Crippen LogP contribution is 2.14. The van der Waals surface area contributed by atoms with Crippen molar-refractivity contribution >= 4 is 5.97 Å². The number of benzene rings is 1. The molecule has 0 radical (unpaired) electrons. The van der Waals surface area contributed by atoms with Crippen molar-refractivity contribution < 1.29 is 18.8 Å². The number of aromatic nitrogens is 2. The molecule has 0 aliphatic carbocycles. The van der Waals surface area contributed by atoms with Gasteiger partial charge in [0.05, 0.1) is 13.7 Å². The number of nitrogens with zero attached hydrogens (tertiary/aromatic N) is 2. The second-order valence-electron chi connectivity index (χ2n) is 6.48. The Balaban J connectivity index is 1.99. The van der Waals surface area contributed by atoms with Crippen LogP contribution in [-0.4, -0.2) is 35.4 Å². The number of carbonyl (C=O) groups is 1. The van der Waals surface area contributed by atoms with Crippen LogP contribution >= 0.6 is 0 Å². The van der Waals surface area contributed by atoms with Crippen LogP contribution in [0.3, 0.4) is 0 Å². The zero-order valence-electron chi connectivity index (χ0n) is 15.1. The highest BCUT2D eigenvalue weighted by Gasteiger charge is 2.35. The molecule has 136 valence electrons. The van der Waals surface area contributed by atoms with Crippen molar-refractivity contribution in [1.82, 2.24) is 15.5 Å². The van der Waals surface area contributed by atoms with E-state index in [4.69, 9.17) is 14.0 Å². The summed E-state index contributed by atoms with van der Waals surface area (Å²) in [7, 11) is 1.35. The molecular formula is C18H25N3O4. The highest BCUT2D eigenvalue weighted by atomic mass is 16.5. The molecule has 0 bridgehead atoms. The lowest BCUT2D eigenvalue weighted by molar-refractivity contribution is -0.149. The van der Waals surface area contributed by atoms with E-state index >= 15 is 0 Å². The number of rotatable bonds is 9. The molecule has 25 heavy (non-hydrogen) atoms. The van der Waals surface area contributed by atoms with Crippen molar-refractivity contribution in [2.24, 2.45) is 5.92 Å². The molecule has 1 aromatic heterocycles. The second-order valence-corrected chi connectivity index (χ2v) is 6.48. The third kappa shape index (κ3) is 5.56. The van der Waals surface area contributed by atoms with E-state index in [9.17, 15) is 4.79 Å². The molecule has 1 N–H and O–H groups in total. The third-order valence-electron chi connectivity index (χ3n) is 3.64. The molecule has 0 saturated carbocycles. The van der Waals surface area contributed by atoms with Gasteiger partial charge in [-0.1, -0.05) is 37.2 Å². The summed E-state index contributed by atoms with van der Waals surface area (Å²) in [5, 5.41) is 7.05. The number of hydrogen-bond acceptors (Lipinski definition) is 7. The van der Waals surface area contributed by atoms with Gasteiger partial charge in [0.15, 0.2) is 5.82 Å². The Bertz CT molecular complexity index is 672. The Kier molecular flexibility index (Phi) is 6.52. The molecule has 0 aliphatic heterocycles. The number of hydrogen-bond donors (Lipinski definition) is 1. The van der Waals surface area contributed by atoms with E-state index in [1.807, 2.05) is 30.3 Å². The van der Waals surface area contributed by atoms with Crippen molar-refractivity contribution in [2.75, 3.05) is 13.7 Å². The predicted octanol–water partition coefficient (Wildman–Crippen LogP) is 2.37. The van der Waals surface area contributed by atoms with Crippen LogP contribution in [0.1, 0.15) is 32.5 Å². The summed E-state index contributed by atoms with van der Waals surface area (Å²) in [5.41, 5.74) is -1.04. The second kappa shape index (κ2) is 8.62. The Labute approximate surface area is 147 Å². The summed E-state index contributed by atoms with van der Waals surface area (Å²) in [6.45, 7) is 6.26. The van der Waals surface area contributed by atoms with Crippen LogP contribution in [0.15, 0.2) is 34.9 Å². The molecule has 7 nitrogen and oxygen atoms in total. The third-order valence-corrected chi connectivity index (χ3v) is 3.64. The Hall–Kier alpha value is -2.41. The normalized spacial score (nSPS) is 13.5. The van der Waals surface area contributed by atoms with Gasteiger partial charge in [-0.2, -0.15) is 4.98 Å². The molecule has 1 atom stereocenters. The average Bonchev–Trinajstić information content (AvgIpc) is 3.05. The lowest BCUT2D eigenvalue weighted by Gasteiger charge is -2.27. The molecular weight excluding hydrogens is 322 g/mol. The number of nitrogens with one attached hydrogen (secondary N) is 1. The van der Waals surface area contributed by atoms with Crippen molar-refractivity contribution in [3.63, 3.8) is 0 Å². The topological polar surface area (TPSA) is 86.5 Å². The van der Waals surface area contributed by atoms with Crippen molar-refractivity contribution in [3.8, 4) is 5.75 Å². The van der Waals surface area contributed by atoms with Gasteiger partial charge in [0.1, 0.15) is 17.9 Å². The van der Waals surface area contributed by atoms with Crippen molar-refractivity contribution in [2.45, 2.75) is 39.3 Å².